The van der Waals surface area contributed by atoms with Crippen molar-refractivity contribution in [1.82, 2.24) is 14.9 Å². The SMILES string of the molecule is C=C(C)CCNCc1cn([C@@H]2O[C@H](COP(=O)(O)O)[C@@H](O)[C@H]2O)c(=S)[nH]c1=O. The molecule has 11 nitrogen and oxygen atoms in total. The summed E-state index contributed by atoms with van der Waals surface area (Å²) < 4.78 is 21.9. The zero-order chi connectivity index (χ0) is 21.1. The van der Waals surface area contributed by atoms with Crippen LogP contribution in [0, 0.1) is 4.77 Å². The maximum absolute atomic E-state index is 12.1. The minimum absolute atomic E-state index is 0.0384. The summed E-state index contributed by atoms with van der Waals surface area (Å²) in [5.74, 6) is 0. The lowest BCUT2D eigenvalue weighted by molar-refractivity contribution is -0.0535. The van der Waals surface area contributed by atoms with Crippen molar-refractivity contribution in [3.63, 3.8) is 0 Å². The number of H-pyrrole nitrogens is 1. The van der Waals surface area contributed by atoms with Crippen molar-refractivity contribution in [2.45, 2.75) is 44.4 Å². The topological polar surface area (TPSA) is 166 Å². The molecule has 0 radical (unpaired) electrons. The van der Waals surface area contributed by atoms with Gasteiger partial charge in [0, 0.05) is 18.3 Å². The van der Waals surface area contributed by atoms with Gasteiger partial charge in [0.1, 0.15) is 18.3 Å². The van der Waals surface area contributed by atoms with E-state index < -0.39 is 44.5 Å². The van der Waals surface area contributed by atoms with Gasteiger partial charge in [0.05, 0.1) is 6.61 Å². The van der Waals surface area contributed by atoms with Crippen LogP contribution in [0.25, 0.3) is 0 Å². The zero-order valence-electron chi connectivity index (χ0n) is 15.1. The number of phosphoric ester groups is 1. The van der Waals surface area contributed by atoms with Crippen LogP contribution in [0.15, 0.2) is 23.1 Å². The molecular weight excluding hydrogens is 413 g/mol. The maximum Gasteiger partial charge on any atom is 0.469 e. The summed E-state index contributed by atoms with van der Waals surface area (Å²) in [7, 11) is -4.77. The number of hydrogen-bond acceptors (Lipinski definition) is 8. The van der Waals surface area contributed by atoms with Gasteiger partial charge in [0.2, 0.25) is 0 Å². The second kappa shape index (κ2) is 9.53. The van der Waals surface area contributed by atoms with E-state index in [0.29, 0.717) is 12.1 Å². The fourth-order valence-electron chi connectivity index (χ4n) is 2.63. The highest BCUT2D eigenvalue weighted by Gasteiger charge is 2.44. The number of aromatic amines is 1. The van der Waals surface area contributed by atoms with Crippen molar-refractivity contribution < 1.29 is 33.8 Å². The van der Waals surface area contributed by atoms with Crippen LogP contribution in [-0.4, -0.2) is 61.0 Å². The number of aliphatic hydroxyl groups excluding tert-OH is 2. The molecule has 28 heavy (non-hydrogen) atoms. The van der Waals surface area contributed by atoms with Gasteiger partial charge in [0.25, 0.3) is 5.56 Å². The quantitative estimate of drug-likeness (QED) is 0.131. The van der Waals surface area contributed by atoms with Crippen LogP contribution < -0.4 is 10.9 Å². The fourth-order valence-corrected chi connectivity index (χ4v) is 3.22. The molecule has 0 unspecified atom stereocenters. The molecule has 0 amide bonds. The number of aliphatic hydroxyl groups is 2. The van der Waals surface area contributed by atoms with Crippen LogP contribution >= 0.6 is 20.0 Å². The van der Waals surface area contributed by atoms with Crippen LogP contribution in [0.4, 0.5) is 0 Å². The lowest BCUT2D eigenvalue weighted by Gasteiger charge is -2.19. The molecule has 1 fully saturated rings. The number of ether oxygens (including phenoxy) is 1. The average molecular weight is 437 g/mol. The molecule has 6 N–H and O–H groups in total. The molecule has 158 valence electrons. The summed E-state index contributed by atoms with van der Waals surface area (Å²) >= 11 is 5.11. The highest BCUT2D eigenvalue weighted by atomic mass is 32.1. The van der Waals surface area contributed by atoms with E-state index in [1.165, 1.54) is 10.8 Å². The number of nitrogens with one attached hydrogen (secondary N) is 2. The molecule has 1 aromatic rings. The van der Waals surface area contributed by atoms with Crippen LogP contribution in [-0.2, 0) is 20.4 Å². The van der Waals surface area contributed by atoms with E-state index in [1.54, 1.807) is 0 Å². The Labute approximate surface area is 165 Å². The Morgan fingerprint density at radius 2 is 2.14 bits per heavy atom. The standard InChI is InChI=1S/C15H24N3O8PS/c1-8(2)3-4-16-5-9-6-18(15(28)17-13(9)21)14-12(20)11(19)10(26-14)7-25-27(22,23)24/h6,10-12,14,16,19-20H,1,3-5,7H2,2H3,(H,17,21,28)(H2,22,23,24)/t10-,11-,12-,14-/m1/s1. The fraction of sp³-hybridized carbons (Fsp3) is 0.600. The first-order valence-corrected chi connectivity index (χ1v) is 10.3. The molecule has 4 atom stereocenters. The second-order valence-electron chi connectivity index (χ2n) is 6.54. The van der Waals surface area contributed by atoms with Gasteiger partial charge < -0.3 is 30.1 Å². The van der Waals surface area contributed by atoms with Crippen LogP contribution in [0.1, 0.15) is 25.1 Å². The number of rotatable bonds is 9. The number of phosphoric acid groups is 1. The van der Waals surface area contributed by atoms with E-state index in [9.17, 15) is 19.6 Å². The lowest BCUT2D eigenvalue weighted by atomic mass is 10.1. The summed E-state index contributed by atoms with van der Waals surface area (Å²) in [5.41, 5.74) is 0.923. The van der Waals surface area contributed by atoms with Crippen molar-refractivity contribution in [1.29, 1.82) is 0 Å². The number of aromatic nitrogens is 2. The molecule has 2 heterocycles. The van der Waals surface area contributed by atoms with Gasteiger partial charge in [0.15, 0.2) is 11.0 Å². The van der Waals surface area contributed by atoms with E-state index in [-0.39, 0.29) is 11.3 Å². The highest BCUT2D eigenvalue weighted by Crippen LogP contribution is 2.38. The van der Waals surface area contributed by atoms with E-state index in [1.807, 2.05) is 6.92 Å². The molecule has 0 aliphatic carbocycles. The maximum atomic E-state index is 12.1. The van der Waals surface area contributed by atoms with Crippen LogP contribution in [0.3, 0.4) is 0 Å². The zero-order valence-corrected chi connectivity index (χ0v) is 16.9. The minimum atomic E-state index is -4.77. The average Bonchev–Trinajstić information content (AvgIpc) is 2.86. The van der Waals surface area contributed by atoms with Crippen molar-refractivity contribution in [3.05, 3.63) is 39.0 Å². The monoisotopic (exact) mass is 437 g/mol. The molecule has 2 rings (SSSR count). The molecule has 1 aliphatic heterocycles. The third-order valence-electron chi connectivity index (χ3n) is 4.10. The van der Waals surface area contributed by atoms with E-state index in [4.69, 9.17) is 26.7 Å². The van der Waals surface area contributed by atoms with E-state index in [0.717, 1.165) is 12.0 Å². The van der Waals surface area contributed by atoms with Crippen LogP contribution in [0.2, 0.25) is 0 Å². The van der Waals surface area contributed by atoms with Crippen molar-refractivity contribution in [2.24, 2.45) is 0 Å². The van der Waals surface area contributed by atoms with E-state index in [2.05, 4.69) is 21.4 Å². The Morgan fingerprint density at radius 1 is 1.46 bits per heavy atom. The van der Waals surface area contributed by atoms with Gasteiger partial charge >= 0.3 is 7.82 Å². The van der Waals surface area contributed by atoms with E-state index >= 15 is 0 Å². The van der Waals surface area contributed by atoms with Gasteiger partial charge in [-0.2, -0.15) is 0 Å². The molecule has 0 spiro atoms. The Kier molecular flexibility index (Phi) is 7.85. The first kappa shape index (κ1) is 23.1. The van der Waals surface area contributed by atoms with Crippen molar-refractivity contribution >= 4 is 20.0 Å². The number of hydrogen-bond donors (Lipinski definition) is 6. The first-order chi connectivity index (χ1) is 13.0. The van der Waals surface area contributed by atoms with Gasteiger partial charge in [-0.3, -0.25) is 18.9 Å². The van der Waals surface area contributed by atoms with Gasteiger partial charge in [-0.25, -0.2) is 4.57 Å². The first-order valence-electron chi connectivity index (χ1n) is 8.40. The van der Waals surface area contributed by atoms with Gasteiger partial charge in [-0.15, -0.1) is 6.58 Å². The van der Waals surface area contributed by atoms with Gasteiger partial charge in [-0.1, -0.05) is 5.57 Å². The largest absolute Gasteiger partial charge is 0.469 e. The highest BCUT2D eigenvalue weighted by molar-refractivity contribution is 7.71. The summed E-state index contributed by atoms with van der Waals surface area (Å²) in [6.07, 6.45) is -3.14. The third-order valence-corrected chi connectivity index (χ3v) is 4.90. The molecule has 1 aromatic heterocycles. The Morgan fingerprint density at radius 3 is 2.75 bits per heavy atom. The molecular formula is C15H24N3O8PS. The number of nitrogens with zero attached hydrogens (tertiary/aromatic N) is 1. The molecule has 0 bridgehead atoms. The normalized spacial score (nSPS) is 25.2. The van der Waals surface area contributed by atoms with Crippen LogP contribution in [0.5, 0.6) is 0 Å². The Bertz CT molecular complexity index is 866. The Balaban J connectivity index is 2.16. The summed E-state index contributed by atoms with van der Waals surface area (Å²) in [6, 6.07) is 0. The minimum Gasteiger partial charge on any atom is -0.387 e. The predicted molar refractivity (Wildman–Crippen MR) is 101 cm³/mol. The second-order valence-corrected chi connectivity index (χ2v) is 8.16. The lowest BCUT2D eigenvalue weighted by Crippen LogP contribution is -2.34. The summed E-state index contributed by atoms with van der Waals surface area (Å²) in [5, 5.41) is 23.4. The molecule has 13 heteroatoms. The summed E-state index contributed by atoms with van der Waals surface area (Å²) in [4.78, 5) is 32.1. The van der Waals surface area contributed by atoms with Gasteiger partial charge in [-0.05, 0) is 32.1 Å². The molecule has 0 aromatic carbocycles. The molecule has 1 aliphatic rings. The third kappa shape index (κ3) is 6.14. The Hall–Kier alpha value is -1.21. The predicted octanol–water partition coefficient (Wildman–Crippen LogP) is -0.310. The van der Waals surface area contributed by atoms with Crippen molar-refractivity contribution in [2.75, 3.05) is 13.2 Å². The summed E-state index contributed by atoms with van der Waals surface area (Å²) in [6.45, 7) is 5.90. The smallest absolute Gasteiger partial charge is 0.387 e. The van der Waals surface area contributed by atoms with Crippen molar-refractivity contribution in [3.8, 4) is 0 Å². The molecule has 0 saturated carbocycles. The molecule has 1 saturated heterocycles.